The molecule has 1 aromatic carbocycles. The second kappa shape index (κ2) is 4.72. The lowest BCUT2D eigenvalue weighted by Gasteiger charge is -2.05. The number of ketones is 1. The molecule has 0 aliphatic rings. The fraction of sp³-hybridized carbons (Fsp3) is 0.182. The summed E-state index contributed by atoms with van der Waals surface area (Å²) in [5.41, 5.74) is 1.16. The van der Waals surface area contributed by atoms with Crippen molar-refractivity contribution < 1.29 is 4.79 Å². The van der Waals surface area contributed by atoms with Crippen molar-refractivity contribution in [3.05, 3.63) is 33.8 Å². The zero-order chi connectivity index (χ0) is 11.4. The van der Waals surface area contributed by atoms with Gasteiger partial charge in [0.2, 0.25) is 0 Å². The van der Waals surface area contributed by atoms with Gasteiger partial charge in [-0.25, -0.2) is 0 Å². The minimum Gasteiger partial charge on any atom is -0.291 e. The molecular weight excluding hydrogens is 256 g/mol. The minimum atomic E-state index is -1.22. The van der Waals surface area contributed by atoms with Crippen LogP contribution in [0.15, 0.2) is 22.7 Å². The van der Waals surface area contributed by atoms with E-state index in [0.717, 1.165) is 10.0 Å². The van der Waals surface area contributed by atoms with Gasteiger partial charge < -0.3 is 0 Å². The van der Waals surface area contributed by atoms with E-state index in [-0.39, 0.29) is 0 Å². The van der Waals surface area contributed by atoms with Crippen LogP contribution >= 0.6 is 15.9 Å². The molecule has 0 aromatic heterocycles. The summed E-state index contributed by atoms with van der Waals surface area (Å²) >= 11 is 3.29. The largest absolute Gasteiger partial charge is 0.291 e. The van der Waals surface area contributed by atoms with Crippen LogP contribution < -0.4 is 0 Å². The molecule has 0 spiro atoms. The highest BCUT2D eigenvalue weighted by Gasteiger charge is 2.20. The number of Topliss-reactive ketones (excluding diaryl/α,β-unsaturated/α-hetero) is 1. The van der Waals surface area contributed by atoms with E-state index in [0.29, 0.717) is 5.56 Å². The molecule has 0 heterocycles. The van der Waals surface area contributed by atoms with Crippen LogP contribution in [-0.4, -0.2) is 5.78 Å². The zero-order valence-electron chi connectivity index (χ0n) is 7.99. The predicted octanol–water partition coefficient (Wildman–Crippen LogP) is 2.60. The Balaban J connectivity index is 3.20. The number of rotatable bonds is 2. The second-order valence-corrected chi connectivity index (χ2v) is 3.82. The molecule has 0 aliphatic heterocycles. The first-order valence-electron chi connectivity index (χ1n) is 4.20. The molecule has 0 radical (unpaired) electrons. The highest BCUT2D eigenvalue weighted by Crippen LogP contribution is 2.21. The van der Waals surface area contributed by atoms with E-state index in [1.807, 2.05) is 0 Å². The third-order valence-electron chi connectivity index (χ3n) is 2.05. The normalized spacial score (nSPS) is 9.40. The maximum atomic E-state index is 11.7. The van der Waals surface area contributed by atoms with Gasteiger partial charge in [-0.05, 0) is 18.6 Å². The van der Waals surface area contributed by atoms with E-state index in [1.165, 1.54) is 0 Å². The Labute approximate surface area is 96.1 Å². The first-order valence-corrected chi connectivity index (χ1v) is 4.99. The summed E-state index contributed by atoms with van der Waals surface area (Å²) in [6, 6.07) is 8.47. The smallest absolute Gasteiger partial charge is 0.195 e. The van der Waals surface area contributed by atoms with Gasteiger partial charge in [-0.3, -0.25) is 4.79 Å². The molecule has 0 saturated carbocycles. The molecule has 0 unspecified atom stereocenters. The molecule has 0 fully saturated rings. The van der Waals surface area contributed by atoms with E-state index >= 15 is 0 Å². The highest BCUT2D eigenvalue weighted by molar-refractivity contribution is 9.10. The fourth-order valence-corrected chi connectivity index (χ4v) is 1.54. The van der Waals surface area contributed by atoms with Crippen LogP contribution in [0.4, 0.5) is 0 Å². The summed E-state index contributed by atoms with van der Waals surface area (Å²) in [6.45, 7) is 1.77. The molecule has 0 amide bonds. The van der Waals surface area contributed by atoms with Gasteiger partial charge in [-0.2, -0.15) is 10.5 Å². The number of carbonyl (C=O) groups excluding carboxylic acids is 1. The molecule has 0 atom stereocenters. The van der Waals surface area contributed by atoms with Crippen LogP contribution in [0.25, 0.3) is 0 Å². The van der Waals surface area contributed by atoms with Crippen molar-refractivity contribution in [1.29, 1.82) is 10.5 Å². The zero-order valence-corrected chi connectivity index (χ0v) is 9.58. The summed E-state index contributed by atoms with van der Waals surface area (Å²) in [5, 5.41) is 17.2. The van der Waals surface area contributed by atoms with E-state index < -0.39 is 11.7 Å². The topological polar surface area (TPSA) is 64.7 Å². The highest BCUT2D eigenvalue weighted by atomic mass is 79.9. The maximum Gasteiger partial charge on any atom is 0.195 e. The van der Waals surface area contributed by atoms with Crippen molar-refractivity contribution in [2.75, 3.05) is 0 Å². The molecule has 0 saturated heterocycles. The molecule has 0 bridgehead atoms. The van der Waals surface area contributed by atoms with E-state index in [2.05, 4.69) is 15.9 Å². The van der Waals surface area contributed by atoms with Gasteiger partial charge in [0.1, 0.15) is 0 Å². The number of benzene rings is 1. The summed E-state index contributed by atoms with van der Waals surface area (Å²) in [4.78, 5) is 11.7. The average molecular weight is 263 g/mol. The van der Waals surface area contributed by atoms with Crippen LogP contribution in [0.5, 0.6) is 0 Å². The summed E-state index contributed by atoms with van der Waals surface area (Å²) in [6.07, 6.45) is 0. The van der Waals surface area contributed by atoms with E-state index in [9.17, 15) is 4.79 Å². The Bertz CT molecular complexity index is 468. The standard InChI is InChI=1S/C11H7BrN2O/c1-7-9(3-2-4-10(7)12)11(15)8(5-13)6-14/h2-4,8H,1H3. The van der Waals surface area contributed by atoms with Crippen molar-refractivity contribution in [1.82, 2.24) is 0 Å². The lowest BCUT2D eigenvalue weighted by Crippen LogP contribution is -2.12. The molecule has 3 nitrogen and oxygen atoms in total. The van der Waals surface area contributed by atoms with Gasteiger partial charge in [0, 0.05) is 10.0 Å². The average Bonchev–Trinajstić information content (AvgIpc) is 2.23. The summed E-state index contributed by atoms with van der Waals surface area (Å²) < 4.78 is 0.794. The van der Waals surface area contributed by atoms with Crippen molar-refractivity contribution >= 4 is 21.7 Å². The monoisotopic (exact) mass is 262 g/mol. The molecule has 0 N–H and O–H groups in total. The number of nitriles is 2. The lowest BCUT2D eigenvalue weighted by molar-refractivity contribution is 0.0970. The first-order chi connectivity index (χ1) is 7.11. The van der Waals surface area contributed by atoms with Crippen LogP contribution in [0, 0.1) is 35.5 Å². The van der Waals surface area contributed by atoms with Gasteiger partial charge in [0.05, 0.1) is 12.1 Å². The van der Waals surface area contributed by atoms with Crippen LogP contribution in [0.3, 0.4) is 0 Å². The Kier molecular flexibility index (Phi) is 3.60. The van der Waals surface area contributed by atoms with Crippen molar-refractivity contribution in [3.63, 3.8) is 0 Å². The quantitative estimate of drug-likeness (QED) is 0.770. The van der Waals surface area contributed by atoms with E-state index in [1.54, 1.807) is 37.3 Å². The SMILES string of the molecule is Cc1c(Br)cccc1C(=O)C(C#N)C#N. The molecule has 4 heteroatoms. The van der Waals surface area contributed by atoms with Gasteiger partial charge in [-0.15, -0.1) is 0 Å². The molecular formula is C11H7BrN2O. The Hall–Kier alpha value is -1.65. The number of hydrogen-bond donors (Lipinski definition) is 0. The molecule has 74 valence electrons. The van der Waals surface area contributed by atoms with Crippen LogP contribution in [0.1, 0.15) is 15.9 Å². The number of carbonyl (C=O) groups is 1. The molecule has 15 heavy (non-hydrogen) atoms. The third kappa shape index (κ3) is 2.23. The lowest BCUT2D eigenvalue weighted by atomic mass is 9.97. The van der Waals surface area contributed by atoms with Gasteiger partial charge >= 0.3 is 0 Å². The van der Waals surface area contributed by atoms with Crippen molar-refractivity contribution in [2.45, 2.75) is 6.92 Å². The summed E-state index contributed by atoms with van der Waals surface area (Å²) in [7, 11) is 0. The molecule has 0 aliphatic carbocycles. The minimum absolute atomic E-state index is 0.414. The van der Waals surface area contributed by atoms with Gasteiger partial charge in [0.15, 0.2) is 11.7 Å². The number of hydrogen-bond acceptors (Lipinski definition) is 3. The predicted molar refractivity (Wildman–Crippen MR) is 57.9 cm³/mol. The van der Waals surface area contributed by atoms with Gasteiger partial charge in [0.25, 0.3) is 0 Å². The third-order valence-corrected chi connectivity index (χ3v) is 2.91. The fourth-order valence-electron chi connectivity index (χ4n) is 1.18. The van der Waals surface area contributed by atoms with Gasteiger partial charge in [-0.1, -0.05) is 28.1 Å². The second-order valence-electron chi connectivity index (χ2n) is 2.97. The van der Waals surface area contributed by atoms with Crippen LogP contribution in [-0.2, 0) is 0 Å². The number of halogens is 1. The maximum absolute atomic E-state index is 11.7. The Morgan fingerprint density at radius 1 is 1.40 bits per heavy atom. The Morgan fingerprint density at radius 2 is 2.00 bits per heavy atom. The summed E-state index contributed by atoms with van der Waals surface area (Å²) in [5.74, 6) is -1.67. The van der Waals surface area contributed by atoms with E-state index in [4.69, 9.17) is 10.5 Å². The van der Waals surface area contributed by atoms with Crippen LogP contribution in [0.2, 0.25) is 0 Å². The first kappa shape index (κ1) is 11.4. The van der Waals surface area contributed by atoms with Crippen molar-refractivity contribution in [2.24, 2.45) is 5.92 Å². The van der Waals surface area contributed by atoms with Crippen molar-refractivity contribution in [3.8, 4) is 12.1 Å². The molecule has 1 aromatic rings. The molecule has 1 rings (SSSR count). The Morgan fingerprint density at radius 3 is 2.53 bits per heavy atom. The number of nitrogens with zero attached hydrogens (tertiary/aromatic N) is 2.